The summed E-state index contributed by atoms with van der Waals surface area (Å²) >= 11 is 0. The fourth-order valence-electron chi connectivity index (χ4n) is 1.75. The molecule has 1 heterocycles. The first-order chi connectivity index (χ1) is 8.51. The largest absolute Gasteiger partial charge is 0.369 e. The number of nitrogens with one attached hydrogen (secondary N) is 1. The van der Waals surface area contributed by atoms with Crippen LogP contribution < -0.4 is 10.2 Å². The smallest absolute Gasteiger partial charge is 0.0562 e. The molecule has 18 heavy (non-hydrogen) atoms. The van der Waals surface area contributed by atoms with Gasteiger partial charge < -0.3 is 10.2 Å². The lowest BCUT2D eigenvalue weighted by molar-refractivity contribution is 0.470. The van der Waals surface area contributed by atoms with E-state index in [1.807, 2.05) is 6.20 Å². The van der Waals surface area contributed by atoms with E-state index in [0.29, 0.717) is 0 Å². The van der Waals surface area contributed by atoms with Gasteiger partial charge in [0.15, 0.2) is 0 Å². The highest BCUT2D eigenvalue weighted by Crippen LogP contribution is 2.24. The summed E-state index contributed by atoms with van der Waals surface area (Å²) in [5.41, 5.74) is 2.53. The van der Waals surface area contributed by atoms with Crippen LogP contribution in [0.1, 0.15) is 46.2 Å². The molecule has 0 aliphatic heterocycles. The third-order valence-electron chi connectivity index (χ3n) is 3.69. The zero-order valence-corrected chi connectivity index (χ0v) is 12.5. The molecule has 0 aliphatic carbocycles. The Bertz CT molecular complexity index is 361. The molecular formula is C15H27N3. The molecule has 0 unspecified atom stereocenters. The SMILES string of the molecule is CCCNCc1cc(N(C)C(C)(C)CC)ccn1. The number of hydrogen-bond donors (Lipinski definition) is 1. The van der Waals surface area contributed by atoms with Gasteiger partial charge in [0.25, 0.3) is 0 Å². The van der Waals surface area contributed by atoms with Crippen molar-refractivity contribution in [3.8, 4) is 0 Å². The summed E-state index contributed by atoms with van der Waals surface area (Å²) in [4.78, 5) is 6.74. The highest BCUT2D eigenvalue weighted by molar-refractivity contribution is 5.48. The predicted octanol–water partition coefficient (Wildman–Crippen LogP) is 3.21. The van der Waals surface area contributed by atoms with Crippen molar-refractivity contribution < 1.29 is 0 Å². The molecule has 0 aromatic carbocycles. The average molecular weight is 249 g/mol. The Morgan fingerprint density at radius 1 is 1.33 bits per heavy atom. The van der Waals surface area contributed by atoms with E-state index in [2.05, 4.69) is 62.1 Å². The van der Waals surface area contributed by atoms with Crippen LogP contribution >= 0.6 is 0 Å². The molecule has 0 bridgehead atoms. The van der Waals surface area contributed by atoms with Crippen molar-refractivity contribution in [2.24, 2.45) is 0 Å². The van der Waals surface area contributed by atoms with Gasteiger partial charge in [0, 0.05) is 31.0 Å². The monoisotopic (exact) mass is 249 g/mol. The molecule has 1 aromatic rings. The molecule has 0 fully saturated rings. The first-order valence-corrected chi connectivity index (χ1v) is 6.90. The van der Waals surface area contributed by atoms with E-state index in [1.165, 1.54) is 5.69 Å². The van der Waals surface area contributed by atoms with Gasteiger partial charge in [-0.3, -0.25) is 4.98 Å². The lowest BCUT2D eigenvalue weighted by Crippen LogP contribution is -2.40. The van der Waals surface area contributed by atoms with Crippen molar-refractivity contribution in [3.05, 3.63) is 24.0 Å². The Morgan fingerprint density at radius 2 is 2.06 bits per heavy atom. The summed E-state index contributed by atoms with van der Waals surface area (Å²) in [5, 5.41) is 3.39. The second-order valence-electron chi connectivity index (χ2n) is 5.41. The summed E-state index contributed by atoms with van der Waals surface area (Å²) in [6, 6.07) is 4.26. The van der Waals surface area contributed by atoms with Gasteiger partial charge in [0.1, 0.15) is 0 Å². The van der Waals surface area contributed by atoms with Crippen molar-refractivity contribution in [3.63, 3.8) is 0 Å². The van der Waals surface area contributed by atoms with Crippen molar-refractivity contribution in [2.45, 2.75) is 52.6 Å². The molecule has 1 rings (SSSR count). The molecule has 0 amide bonds. The van der Waals surface area contributed by atoms with Crippen LogP contribution in [0, 0.1) is 0 Å². The maximum atomic E-state index is 4.41. The van der Waals surface area contributed by atoms with E-state index in [9.17, 15) is 0 Å². The number of pyridine rings is 1. The molecule has 3 heteroatoms. The van der Waals surface area contributed by atoms with Gasteiger partial charge in [-0.1, -0.05) is 13.8 Å². The zero-order chi connectivity index (χ0) is 13.6. The van der Waals surface area contributed by atoms with Crippen LogP contribution in [-0.4, -0.2) is 24.1 Å². The Balaban J connectivity index is 2.75. The van der Waals surface area contributed by atoms with Crippen LogP contribution in [0.15, 0.2) is 18.3 Å². The zero-order valence-electron chi connectivity index (χ0n) is 12.5. The number of anilines is 1. The summed E-state index contributed by atoms with van der Waals surface area (Å²) in [6.45, 7) is 10.8. The highest BCUT2D eigenvalue weighted by Gasteiger charge is 2.21. The first-order valence-electron chi connectivity index (χ1n) is 6.90. The summed E-state index contributed by atoms with van der Waals surface area (Å²) in [5.74, 6) is 0. The summed E-state index contributed by atoms with van der Waals surface area (Å²) in [7, 11) is 2.15. The van der Waals surface area contributed by atoms with E-state index < -0.39 is 0 Å². The van der Waals surface area contributed by atoms with Gasteiger partial charge in [0.05, 0.1) is 5.69 Å². The molecule has 0 radical (unpaired) electrons. The van der Waals surface area contributed by atoms with Crippen LogP contribution in [0.25, 0.3) is 0 Å². The highest BCUT2D eigenvalue weighted by atomic mass is 15.2. The fourth-order valence-corrected chi connectivity index (χ4v) is 1.75. The Morgan fingerprint density at radius 3 is 2.67 bits per heavy atom. The molecule has 1 aromatic heterocycles. The molecule has 0 aliphatic rings. The van der Waals surface area contributed by atoms with Gasteiger partial charge >= 0.3 is 0 Å². The van der Waals surface area contributed by atoms with Crippen molar-refractivity contribution in [1.29, 1.82) is 0 Å². The summed E-state index contributed by atoms with van der Waals surface area (Å²) in [6.07, 6.45) is 4.18. The van der Waals surface area contributed by atoms with Gasteiger partial charge in [0.2, 0.25) is 0 Å². The molecule has 0 saturated carbocycles. The topological polar surface area (TPSA) is 28.2 Å². The molecular weight excluding hydrogens is 222 g/mol. The first kappa shape index (κ1) is 15.0. The van der Waals surface area contributed by atoms with E-state index in [4.69, 9.17) is 0 Å². The van der Waals surface area contributed by atoms with Gasteiger partial charge in [-0.05, 0) is 45.4 Å². The minimum atomic E-state index is 0.176. The van der Waals surface area contributed by atoms with Crippen molar-refractivity contribution in [2.75, 3.05) is 18.5 Å². The number of nitrogens with zero attached hydrogens (tertiary/aromatic N) is 2. The molecule has 3 nitrogen and oxygen atoms in total. The van der Waals surface area contributed by atoms with Crippen molar-refractivity contribution >= 4 is 5.69 Å². The lowest BCUT2D eigenvalue weighted by Gasteiger charge is -2.36. The summed E-state index contributed by atoms with van der Waals surface area (Å²) < 4.78 is 0. The standard InChI is InChI=1S/C15H27N3/c1-6-9-16-12-13-11-14(8-10-17-13)18(5)15(3,4)7-2/h8,10-11,16H,6-7,9,12H2,1-5H3. The minimum Gasteiger partial charge on any atom is -0.369 e. The van der Waals surface area contributed by atoms with E-state index in [1.54, 1.807) is 0 Å². The molecule has 0 spiro atoms. The van der Waals surface area contributed by atoms with Gasteiger partial charge in [-0.15, -0.1) is 0 Å². The van der Waals surface area contributed by atoms with Crippen LogP contribution in [-0.2, 0) is 6.54 Å². The maximum absolute atomic E-state index is 4.41. The Kier molecular flexibility index (Phi) is 5.60. The average Bonchev–Trinajstić information content (AvgIpc) is 2.38. The minimum absolute atomic E-state index is 0.176. The second kappa shape index (κ2) is 6.74. The van der Waals surface area contributed by atoms with Gasteiger partial charge in [-0.25, -0.2) is 0 Å². The van der Waals surface area contributed by atoms with Crippen LogP contribution in [0.5, 0.6) is 0 Å². The maximum Gasteiger partial charge on any atom is 0.0562 e. The normalized spacial score (nSPS) is 11.6. The quantitative estimate of drug-likeness (QED) is 0.752. The molecule has 0 saturated heterocycles. The number of rotatable bonds is 7. The van der Waals surface area contributed by atoms with Crippen LogP contribution in [0.4, 0.5) is 5.69 Å². The Hall–Kier alpha value is -1.09. The third-order valence-corrected chi connectivity index (χ3v) is 3.69. The van der Waals surface area contributed by atoms with E-state index in [0.717, 1.165) is 31.6 Å². The van der Waals surface area contributed by atoms with E-state index >= 15 is 0 Å². The van der Waals surface area contributed by atoms with Crippen molar-refractivity contribution in [1.82, 2.24) is 10.3 Å². The molecule has 102 valence electrons. The lowest BCUT2D eigenvalue weighted by atomic mass is 9.99. The predicted molar refractivity (Wildman–Crippen MR) is 79.0 cm³/mol. The van der Waals surface area contributed by atoms with Gasteiger partial charge in [-0.2, -0.15) is 0 Å². The number of aromatic nitrogens is 1. The molecule has 0 atom stereocenters. The Labute approximate surface area is 112 Å². The van der Waals surface area contributed by atoms with Crippen LogP contribution in [0.2, 0.25) is 0 Å². The molecule has 1 N–H and O–H groups in total. The fraction of sp³-hybridized carbons (Fsp3) is 0.667. The van der Waals surface area contributed by atoms with Crippen LogP contribution in [0.3, 0.4) is 0 Å². The third kappa shape index (κ3) is 3.98. The van der Waals surface area contributed by atoms with E-state index in [-0.39, 0.29) is 5.54 Å². The number of hydrogen-bond acceptors (Lipinski definition) is 3. The second-order valence-corrected chi connectivity index (χ2v) is 5.41.